The number of fused-ring (bicyclic) bond motifs is 7. The maximum absolute atomic E-state index is 13.9. The molecule has 14 N–H and O–H groups in total. The van der Waals surface area contributed by atoms with E-state index < -0.39 is 242 Å². The Morgan fingerprint density at radius 3 is 1.76 bits per heavy atom. The molecule has 0 spiro atoms. The molecule has 0 bridgehead atoms. The first-order chi connectivity index (χ1) is 45.3. The number of carboxylic acids is 1. The molecule has 97 heavy (non-hydrogen) atoms. The van der Waals surface area contributed by atoms with Crippen molar-refractivity contribution in [3.63, 3.8) is 0 Å². The molecule has 4 saturated heterocycles. The highest BCUT2D eigenvalue weighted by molar-refractivity contribution is 5.88. The maximum Gasteiger partial charge on any atom is 0.335 e. The lowest BCUT2D eigenvalue weighted by molar-refractivity contribution is -0.396. The van der Waals surface area contributed by atoms with Gasteiger partial charge in [0.15, 0.2) is 43.5 Å². The number of carbonyl (C=O) groups excluding carboxylic acids is 3. The normalized spacial score (nSPS) is 47.3. The topological polar surface area (TPSA) is 453 Å². The molecule has 8 fully saturated rings. The summed E-state index contributed by atoms with van der Waals surface area (Å²) in [6.45, 7) is 20.9. The van der Waals surface area contributed by atoms with Crippen LogP contribution in [-0.2, 0) is 71.3 Å². The quantitative estimate of drug-likeness (QED) is 0.0259. The summed E-state index contributed by atoms with van der Waals surface area (Å²) in [7, 11) is 0. The van der Waals surface area contributed by atoms with Gasteiger partial charge in [0.2, 0.25) is 0 Å². The van der Waals surface area contributed by atoms with E-state index in [1.54, 1.807) is 26.8 Å². The van der Waals surface area contributed by atoms with Gasteiger partial charge in [-0.1, -0.05) is 72.3 Å². The first-order valence-electron chi connectivity index (χ1n) is 34.0. The van der Waals surface area contributed by atoms with Gasteiger partial charge in [0.25, 0.3) is 0 Å². The van der Waals surface area contributed by atoms with Crippen LogP contribution in [0.3, 0.4) is 0 Å². The molecule has 552 valence electrons. The number of hydrogen-bond acceptors (Lipinski definition) is 28. The minimum absolute atomic E-state index is 0.0594. The molecule has 9 rings (SSSR count). The SMILES string of the molecule is C/C=C(\C)C(=O)O[C@@H](C)[C@H](C)C(=O)O[C@@H]1[C@@H](O)[C@H](O[C@H]2[C@H](O)[C@]3(CO)[C@H](O)C[C@]4(C)C(=CC[C@@H]5[C@@]6(C)CC[C@H](O[C@@H]7O[C@H](C(=O)O)[C@@H](O)[C@H](O[C@@H]8O[C@H](CO)[C@H](O)[C@H](O)[C@H]8O)[C@H]7O[C@@H]7O[C@H](CO)[C@H](O)[C@H](O)[C@H]7O)C(C)(C)[C@@H]6CC[C@]54C)[C@H]3CC2(C)C)OC[C@@H]1OC(=O)/C(C)=C/C. The van der Waals surface area contributed by atoms with Gasteiger partial charge in [-0.3, -0.25) is 4.79 Å². The third kappa shape index (κ3) is 13.5. The number of esters is 3. The monoisotopic (exact) mass is 1390 g/mol. The van der Waals surface area contributed by atoms with Gasteiger partial charge in [0.05, 0.1) is 62.2 Å². The second-order valence-corrected chi connectivity index (χ2v) is 30.7. The van der Waals surface area contributed by atoms with E-state index in [1.165, 1.54) is 26.8 Å². The number of allylic oxidation sites excluding steroid dienone is 4. The largest absolute Gasteiger partial charge is 0.479 e. The van der Waals surface area contributed by atoms with Crippen molar-refractivity contribution in [3.8, 4) is 0 Å². The summed E-state index contributed by atoms with van der Waals surface area (Å²) in [6.07, 6.45) is -32.8. The van der Waals surface area contributed by atoms with Gasteiger partial charge in [-0.2, -0.15) is 0 Å². The zero-order valence-corrected chi connectivity index (χ0v) is 57.6. The minimum atomic E-state index is -2.21. The lowest BCUT2D eigenvalue weighted by Crippen LogP contribution is -2.72. The van der Waals surface area contributed by atoms with Crippen molar-refractivity contribution >= 4 is 23.9 Å². The van der Waals surface area contributed by atoms with E-state index in [9.17, 15) is 90.7 Å². The molecule has 9 aliphatic rings. The van der Waals surface area contributed by atoms with Crippen LogP contribution in [0.4, 0.5) is 0 Å². The van der Waals surface area contributed by atoms with Crippen molar-refractivity contribution in [1.29, 1.82) is 0 Å². The number of ether oxygens (including phenoxy) is 11. The van der Waals surface area contributed by atoms with Crippen molar-refractivity contribution in [1.82, 2.24) is 0 Å². The van der Waals surface area contributed by atoms with Gasteiger partial charge >= 0.3 is 23.9 Å². The van der Waals surface area contributed by atoms with Crippen LogP contribution in [0.2, 0.25) is 0 Å². The van der Waals surface area contributed by atoms with Crippen molar-refractivity contribution < 1.29 is 143 Å². The molecule has 29 heteroatoms. The Hall–Kier alpha value is -3.74. The van der Waals surface area contributed by atoms with Crippen LogP contribution in [0.15, 0.2) is 34.9 Å². The number of carbonyl (C=O) groups is 4. The Morgan fingerprint density at radius 1 is 0.629 bits per heavy atom. The number of rotatable bonds is 19. The third-order valence-corrected chi connectivity index (χ3v) is 24.7. The fourth-order valence-corrected chi connectivity index (χ4v) is 18.2. The standard InChI is InChI=1S/C68H106O29/c1-14-28(3)56(84)88-31(6)30(5)58(86)93-49-36(89-57(85)29(4)15-2)26-87-59(48(49)80)97-54-53(81)68(27-71)33(22-63(54,7)8)32-16-17-38-65(11)20-19-40(64(9,10)37(65)18-21-66(38,12)67(32,13)23-39(68)72)92-62-52(96-61-46(78)44(76)42(74)35(25-70)91-61)50(47(79)51(95-62)55(82)83)94-60-45(77)43(75)41(73)34(24-69)90-60/h14-16,30-31,33-54,59-62,69-81H,17-27H2,1-13H3,(H,82,83)/b28-14+,29-15+/t30-,31-,33+,34+,35+,36-,37-,38+,39+,40-,41-,42-,43-,44-,45+,46+,47-,48+,49-,50-,51-,52+,53-,54-,59-,60-,61-,62+,65-,66+,67+,68-/m0/s1. The second kappa shape index (κ2) is 29.2. The number of carboxylic acid groups (broad SMARTS) is 1. The Kier molecular flexibility index (Phi) is 23.3. The summed E-state index contributed by atoms with van der Waals surface area (Å²) < 4.78 is 66.6. The van der Waals surface area contributed by atoms with Crippen LogP contribution in [0.5, 0.6) is 0 Å². The lowest BCUT2D eigenvalue weighted by atomic mass is 9.33. The molecule has 0 radical (unpaired) electrons. The van der Waals surface area contributed by atoms with Crippen molar-refractivity contribution in [2.24, 2.45) is 56.2 Å². The number of aliphatic carboxylic acids is 1. The minimum Gasteiger partial charge on any atom is -0.479 e. The molecule has 4 aliphatic heterocycles. The predicted octanol–water partition coefficient (Wildman–Crippen LogP) is -0.316. The first-order valence-corrected chi connectivity index (χ1v) is 34.0. The highest BCUT2D eigenvalue weighted by atomic mass is 16.8. The highest BCUT2D eigenvalue weighted by Gasteiger charge is 2.73. The zero-order valence-electron chi connectivity index (χ0n) is 57.6. The summed E-state index contributed by atoms with van der Waals surface area (Å²) in [5.41, 5.74) is -3.64. The molecule has 0 aromatic carbocycles. The Balaban J connectivity index is 0.973. The van der Waals surface area contributed by atoms with Gasteiger partial charge in [-0.15, -0.1) is 0 Å². The van der Waals surface area contributed by atoms with Gasteiger partial charge in [0.1, 0.15) is 79.4 Å². The smallest absolute Gasteiger partial charge is 0.335 e. The lowest BCUT2D eigenvalue weighted by Gasteiger charge is -2.72. The van der Waals surface area contributed by atoms with Crippen molar-refractivity contribution in [3.05, 3.63) is 34.9 Å². The molecule has 0 amide bonds. The first kappa shape index (κ1) is 77.4. The van der Waals surface area contributed by atoms with Crippen LogP contribution in [0.1, 0.15) is 135 Å². The van der Waals surface area contributed by atoms with Crippen LogP contribution in [0.25, 0.3) is 0 Å². The van der Waals surface area contributed by atoms with Crippen molar-refractivity contribution in [2.75, 3.05) is 26.4 Å². The van der Waals surface area contributed by atoms with Gasteiger partial charge in [-0.25, -0.2) is 14.4 Å². The molecule has 32 atom stereocenters. The fraction of sp³-hybridized carbons (Fsp3) is 0.853. The van der Waals surface area contributed by atoms with E-state index in [0.29, 0.717) is 37.7 Å². The zero-order chi connectivity index (χ0) is 71.9. The van der Waals surface area contributed by atoms with Gasteiger partial charge in [0, 0.05) is 11.1 Å². The summed E-state index contributed by atoms with van der Waals surface area (Å²) in [4.78, 5) is 52.7. The van der Waals surface area contributed by atoms with Crippen LogP contribution in [-0.4, -0.2) is 269 Å². The highest BCUT2D eigenvalue weighted by Crippen LogP contribution is 2.76. The summed E-state index contributed by atoms with van der Waals surface area (Å²) in [5.74, 6) is -5.89. The Labute approximate surface area is 564 Å². The third-order valence-electron chi connectivity index (χ3n) is 24.7. The molecule has 4 saturated carbocycles. The number of hydrogen-bond donors (Lipinski definition) is 14. The summed E-state index contributed by atoms with van der Waals surface area (Å²) >= 11 is 0. The molecule has 29 nitrogen and oxygen atoms in total. The number of aliphatic hydroxyl groups is 13. The van der Waals surface area contributed by atoms with Crippen molar-refractivity contribution in [2.45, 2.75) is 282 Å². The average molecular weight is 1390 g/mol. The predicted molar refractivity (Wildman–Crippen MR) is 333 cm³/mol. The number of aliphatic hydroxyl groups excluding tert-OH is 13. The van der Waals surface area contributed by atoms with E-state index in [2.05, 4.69) is 26.8 Å². The van der Waals surface area contributed by atoms with Gasteiger partial charge < -0.3 is 124 Å². The fourth-order valence-electron chi connectivity index (χ4n) is 18.2. The van der Waals surface area contributed by atoms with E-state index in [-0.39, 0.29) is 30.3 Å². The Morgan fingerprint density at radius 2 is 1.21 bits per heavy atom. The van der Waals surface area contributed by atoms with E-state index in [1.807, 2.05) is 27.7 Å². The maximum atomic E-state index is 13.9. The van der Waals surface area contributed by atoms with E-state index >= 15 is 0 Å². The van der Waals surface area contributed by atoms with Crippen LogP contribution >= 0.6 is 0 Å². The van der Waals surface area contributed by atoms with Gasteiger partial charge in [-0.05, 0) is 131 Å². The van der Waals surface area contributed by atoms with E-state index in [0.717, 1.165) is 5.57 Å². The molecule has 4 heterocycles. The second-order valence-electron chi connectivity index (χ2n) is 30.7. The van der Waals surface area contributed by atoms with E-state index in [4.69, 9.17) is 52.1 Å². The Bertz CT molecular complexity index is 2920. The molecule has 0 unspecified atom stereocenters. The molecular formula is C68H106O29. The molecule has 5 aliphatic carbocycles. The molecular weight excluding hydrogens is 1280 g/mol. The summed E-state index contributed by atoms with van der Waals surface area (Å²) in [5, 5.41) is 158. The summed E-state index contributed by atoms with van der Waals surface area (Å²) in [6, 6.07) is 0. The van der Waals surface area contributed by atoms with Crippen LogP contribution < -0.4 is 0 Å². The van der Waals surface area contributed by atoms with Crippen LogP contribution in [0, 0.1) is 56.2 Å². The average Bonchev–Trinajstić information content (AvgIpc) is 0.669. The molecule has 0 aromatic heterocycles. The molecule has 0 aromatic rings.